The number of hydrogen-bond acceptors (Lipinski definition) is 3. The molecule has 102 valence electrons. The first kappa shape index (κ1) is 13.7. The molecule has 1 unspecified atom stereocenters. The second-order valence-corrected chi connectivity index (χ2v) is 4.75. The van der Waals surface area contributed by atoms with Crippen LogP contribution in [0.5, 0.6) is 0 Å². The minimum absolute atomic E-state index is 0.415. The fourth-order valence-corrected chi connectivity index (χ4v) is 2.34. The molecule has 7 heteroatoms. The fourth-order valence-electron chi connectivity index (χ4n) is 1.54. The van der Waals surface area contributed by atoms with E-state index in [9.17, 15) is 13.6 Å². The predicted molar refractivity (Wildman–Crippen MR) is 68.0 cm³/mol. The molecular formula is C12H12F2N2O2S. The summed E-state index contributed by atoms with van der Waals surface area (Å²) in [6.07, 6.45) is -1.15. The van der Waals surface area contributed by atoms with Crippen molar-refractivity contribution >= 4 is 17.2 Å². The van der Waals surface area contributed by atoms with Crippen molar-refractivity contribution < 1.29 is 18.7 Å². The summed E-state index contributed by atoms with van der Waals surface area (Å²) in [7, 11) is 0. The van der Waals surface area contributed by atoms with Gasteiger partial charge >= 0.3 is 0 Å². The topological polar surface area (TPSA) is 54.3 Å². The number of carbonyl (C=O) groups excluding carboxylic acids is 1. The number of aliphatic hydroxyl groups is 1. The lowest BCUT2D eigenvalue weighted by Crippen LogP contribution is -2.35. The number of aromatic nitrogens is 1. The summed E-state index contributed by atoms with van der Waals surface area (Å²) < 4.78 is 26.0. The van der Waals surface area contributed by atoms with Crippen LogP contribution in [0, 0.1) is 0 Å². The second-order valence-electron chi connectivity index (χ2n) is 3.84. The van der Waals surface area contributed by atoms with Crippen molar-refractivity contribution in [2.45, 2.75) is 12.5 Å². The minimum atomic E-state index is -2.87. The van der Waals surface area contributed by atoms with Gasteiger partial charge in [-0.2, -0.15) is 0 Å². The number of halogens is 2. The molecule has 0 aliphatic rings. The lowest BCUT2D eigenvalue weighted by molar-refractivity contribution is -0.00268. The van der Waals surface area contributed by atoms with Gasteiger partial charge in [-0.3, -0.25) is 4.79 Å². The van der Waals surface area contributed by atoms with E-state index in [-0.39, 0.29) is 0 Å². The van der Waals surface area contributed by atoms with E-state index in [0.29, 0.717) is 10.6 Å². The molecule has 0 saturated heterocycles. The number of rotatable bonds is 5. The molecule has 1 atom stereocenters. The Morgan fingerprint density at radius 3 is 2.74 bits per heavy atom. The molecule has 2 rings (SSSR count). The zero-order valence-electron chi connectivity index (χ0n) is 9.79. The maximum Gasteiger partial charge on any atom is 0.265 e. The van der Waals surface area contributed by atoms with Crippen LogP contribution in [-0.2, 0) is 0 Å². The van der Waals surface area contributed by atoms with Gasteiger partial charge in [-0.1, -0.05) is 0 Å². The quantitative estimate of drug-likeness (QED) is 0.882. The molecule has 2 heterocycles. The molecule has 0 aliphatic carbocycles. The summed E-state index contributed by atoms with van der Waals surface area (Å²) in [6, 6.07) is 5.41. The highest BCUT2D eigenvalue weighted by Gasteiger charge is 2.19. The Kier molecular flexibility index (Phi) is 4.28. The van der Waals surface area contributed by atoms with E-state index in [2.05, 4.69) is 5.32 Å². The normalized spacial score (nSPS) is 12.6. The van der Waals surface area contributed by atoms with Gasteiger partial charge in [-0.05, 0) is 23.6 Å². The smallest absolute Gasteiger partial charge is 0.265 e. The summed E-state index contributed by atoms with van der Waals surface area (Å²) in [6.45, 7) is -0.473. The molecule has 0 saturated carbocycles. The monoisotopic (exact) mass is 286 g/mol. The third-order valence-electron chi connectivity index (χ3n) is 2.50. The lowest BCUT2D eigenvalue weighted by Gasteiger charge is -2.11. The van der Waals surface area contributed by atoms with Crippen LogP contribution in [0.2, 0.25) is 0 Å². The van der Waals surface area contributed by atoms with Crippen LogP contribution in [0.4, 0.5) is 8.78 Å². The van der Waals surface area contributed by atoms with Crippen LogP contribution < -0.4 is 5.32 Å². The van der Waals surface area contributed by atoms with Gasteiger partial charge in [-0.15, -0.1) is 11.3 Å². The molecule has 0 bridgehead atoms. The number of hydrogen-bond donors (Lipinski definition) is 2. The Bertz CT molecular complexity index is 540. The van der Waals surface area contributed by atoms with Gasteiger partial charge in [0.2, 0.25) is 0 Å². The Balaban J connectivity index is 2.07. The summed E-state index contributed by atoms with van der Waals surface area (Å²) in [5, 5.41) is 13.0. The SMILES string of the molecule is O=C(NCC(O)C(F)F)c1sccc1-n1cccc1. The van der Waals surface area contributed by atoms with Gasteiger partial charge in [0.25, 0.3) is 12.3 Å². The molecule has 1 amide bonds. The van der Waals surface area contributed by atoms with Crippen molar-refractivity contribution in [1.29, 1.82) is 0 Å². The highest BCUT2D eigenvalue weighted by atomic mass is 32.1. The number of aliphatic hydroxyl groups excluding tert-OH is 1. The number of alkyl halides is 2. The van der Waals surface area contributed by atoms with Gasteiger partial charge in [0.05, 0.1) is 5.69 Å². The van der Waals surface area contributed by atoms with E-state index < -0.39 is 25.0 Å². The van der Waals surface area contributed by atoms with Crippen LogP contribution in [-0.4, -0.2) is 34.7 Å². The second kappa shape index (κ2) is 5.94. The van der Waals surface area contributed by atoms with Gasteiger partial charge < -0.3 is 15.0 Å². The number of thiophene rings is 1. The van der Waals surface area contributed by atoms with Gasteiger partial charge in [-0.25, -0.2) is 8.78 Å². The lowest BCUT2D eigenvalue weighted by atomic mass is 10.3. The maximum absolute atomic E-state index is 12.1. The predicted octanol–water partition coefficient (Wildman–Crippen LogP) is 1.89. The van der Waals surface area contributed by atoms with Crippen molar-refractivity contribution in [1.82, 2.24) is 9.88 Å². The minimum Gasteiger partial charge on any atom is -0.385 e. The zero-order valence-corrected chi connectivity index (χ0v) is 10.6. The van der Waals surface area contributed by atoms with Crippen molar-refractivity contribution in [3.8, 4) is 5.69 Å². The Hall–Kier alpha value is -1.73. The molecular weight excluding hydrogens is 274 g/mol. The molecule has 2 aromatic heterocycles. The summed E-state index contributed by atoms with van der Waals surface area (Å²) in [5.41, 5.74) is 0.680. The number of amides is 1. The van der Waals surface area contributed by atoms with Gasteiger partial charge in [0.15, 0.2) is 0 Å². The fraction of sp³-hybridized carbons (Fsp3) is 0.250. The number of carbonyl (C=O) groups is 1. The third kappa shape index (κ3) is 3.18. The van der Waals surface area contributed by atoms with E-state index in [0.717, 1.165) is 0 Å². The molecule has 0 spiro atoms. The van der Waals surface area contributed by atoms with Crippen molar-refractivity contribution in [3.05, 3.63) is 40.8 Å². The van der Waals surface area contributed by atoms with Crippen molar-refractivity contribution in [2.24, 2.45) is 0 Å². The summed E-state index contributed by atoms with van der Waals surface area (Å²) >= 11 is 1.21. The first-order valence-corrected chi connectivity index (χ1v) is 6.43. The van der Waals surface area contributed by atoms with Crippen molar-refractivity contribution in [3.63, 3.8) is 0 Å². The first-order valence-electron chi connectivity index (χ1n) is 5.55. The maximum atomic E-state index is 12.1. The molecule has 0 radical (unpaired) electrons. The van der Waals surface area contributed by atoms with E-state index in [1.807, 2.05) is 12.1 Å². The average molecular weight is 286 g/mol. The molecule has 0 aliphatic heterocycles. The molecule has 19 heavy (non-hydrogen) atoms. The van der Waals surface area contributed by atoms with E-state index in [4.69, 9.17) is 5.11 Å². The number of nitrogens with one attached hydrogen (secondary N) is 1. The Morgan fingerprint density at radius 1 is 1.42 bits per heavy atom. The van der Waals surface area contributed by atoms with Crippen LogP contribution in [0.1, 0.15) is 9.67 Å². The molecule has 0 fully saturated rings. The molecule has 2 aromatic rings. The molecule has 4 nitrogen and oxygen atoms in total. The van der Waals surface area contributed by atoms with E-state index >= 15 is 0 Å². The summed E-state index contributed by atoms with van der Waals surface area (Å²) in [5.74, 6) is -0.474. The zero-order chi connectivity index (χ0) is 13.8. The van der Waals surface area contributed by atoms with E-state index in [1.165, 1.54) is 11.3 Å². The van der Waals surface area contributed by atoms with Crippen LogP contribution in [0.25, 0.3) is 5.69 Å². The first-order chi connectivity index (χ1) is 9.09. The van der Waals surface area contributed by atoms with Crippen LogP contribution in [0.3, 0.4) is 0 Å². The Labute approximate surface area is 112 Å². The van der Waals surface area contributed by atoms with Crippen LogP contribution >= 0.6 is 11.3 Å². The average Bonchev–Trinajstić information content (AvgIpc) is 3.04. The highest BCUT2D eigenvalue weighted by molar-refractivity contribution is 7.12. The largest absolute Gasteiger partial charge is 0.385 e. The molecule has 2 N–H and O–H groups in total. The van der Waals surface area contributed by atoms with Gasteiger partial charge in [0, 0.05) is 18.9 Å². The number of nitrogens with zero attached hydrogens (tertiary/aromatic N) is 1. The third-order valence-corrected chi connectivity index (χ3v) is 3.40. The summed E-state index contributed by atoms with van der Waals surface area (Å²) in [4.78, 5) is 12.3. The standard InChI is InChI=1S/C12H12F2N2O2S/c13-11(14)9(17)7-15-12(18)10-8(3-6-19-10)16-4-1-2-5-16/h1-6,9,11,17H,7H2,(H,15,18). The van der Waals surface area contributed by atoms with Crippen molar-refractivity contribution in [2.75, 3.05) is 6.54 Å². The Morgan fingerprint density at radius 2 is 2.11 bits per heavy atom. The van der Waals surface area contributed by atoms with Gasteiger partial charge in [0.1, 0.15) is 11.0 Å². The highest BCUT2D eigenvalue weighted by Crippen LogP contribution is 2.21. The van der Waals surface area contributed by atoms with Crippen LogP contribution in [0.15, 0.2) is 36.0 Å². The molecule has 0 aromatic carbocycles. The van der Waals surface area contributed by atoms with E-state index in [1.54, 1.807) is 28.4 Å².